The molecule has 0 atom stereocenters. The smallest absolute Gasteiger partial charge is 0.222 e. The van der Waals surface area contributed by atoms with Crippen LogP contribution in [0.15, 0.2) is 72.6 Å². The average molecular weight is 404 g/mol. The maximum Gasteiger partial charge on any atom is 0.222 e. The van der Waals surface area contributed by atoms with Crippen LogP contribution in [0.4, 0.5) is 16.2 Å². The van der Waals surface area contributed by atoms with Gasteiger partial charge >= 0.3 is 0 Å². The van der Waals surface area contributed by atoms with Crippen molar-refractivity contribution in [3.05, 3.63) is 89.7 Å². The van der Waals surface area contributed by atoms with Gasteiger partial charge in [-0.05, 0) is 61.8 Å². The summed E-state index contributed by atoms with van der Waals surface area (Å²) in [4.78, 5) is 8.65. The van der Waals surface area contributed by atoms with Crippen molar-refractivity contribution in [3.8, 4) is 5.69 Å². The molecule has 7 heteroatoms. The molecule has 0 fully saturated rings. The molecule has 0 aliphatic heterocycles. The van der Waals surface area contributed by atoms with Crippen molar-refractivity contribution in [2.45, 2.75) is 27.3 Å². The van der Waals surface area contributed by atoms with E-state index in [1.165, 1.54) is 12.1 Å². The second-order valence-corrected chi connectivity index (χ2v) is 6.96. The largest absolute Gasteiger partial charge is 0.368 e. The number of anilines is 2. The molecule has 0 bridgehead atoms. The van der Waals surface area contributed by atoms with Crippen LogP contribution in [0.1, 0.15) is 32.0 Å². The lowest BCUT2D eigenvalue weighted by atomic mass is 10.0. The van der Waals surface area contributed by atoms with Gasteiger partial charge in [0.25, 0.3) is 0 Å². The quantitative estimate of drug-likeness (QED) is 0.546. The van der Waals surface area contributed by atoms with E-state index in [2.05, 4.69) is 27.0 Å². The minimum Gasteiger partial charge on any atom is -0.368 e. The van der Waals surface area contributed by atoms with Crippen LogP contribution in [-0.4, -0.2) is 19.7 Å². The van der Waals surface area contributed by atoms with Gasteiger partial charge in [-0.15, -0.1) is 0 Å². The number of nitrogens with two attached hydrogens (primary N) is 1. The van der Waals surface area contributed by atoms with Crippen LogP contribution in [0.5, 0.6) is 0 Å². The number of hydrogen-bond acceptors (Lipinski definition) is 5. The summed E-state index contributed by atoms with van der Waals surface area (Å²) in [6.07, 6.45) is 7.35. The van der Waals surface area contributed by atoms with Gasteiger partial charge < -0.3 is 11.1 Å². The fraction of sp³-hybridized carbons (Fsp3) is 0.174. The first-order valence-corrected chi connectivity index (χ1v) is 9.53. The van der Waals surface area contributed by atoms with E-state index >= 15 is 0 Å². The average Bonchev–Trinajstić information content (AvgIpc) is 3.20. The third-order valence-electron chi connectivity index (χ3n) is 4.85. The lowest BCUT2D eigenvalue weighted by molar-refractivity contribution is 0.627. The van der Waals surface area contributed by atoms with E-state index in [0.717, 1.165) is 33.7 Å². The molecule has 2 aromatic heterocycles. The van der Waals surface area contributed by atoms with Crippen LogP contribution in [0.2, 0.25) is 0 Å². The van der Waals surface area contributed by atoms with Crippen molar-refractivity contribution >= 4 is 17.3 Å². The Hall–Kier alpha value is -3.74. The number of allylic oxidation sites excluding steroid dienone is 5. The van der Waals surface area contributed by atoms with Gasteiger partial charge in [-0.3, -0.25) is 0 Å². The minimum absolute atomic E-state index is 0.203. The Balaban J connectivity index is 1.77. The summed E-state index contributed by atoms with van der Waals surface area (Å²) in [5.74, 6) is 0.554. The number of halogens is 1. The molecule has 0 aliphatic carbocycles. The third-order valence-corrected chi connectivity index (χ3v) is 4.85. The zero-order valence-electron chi connectivity index (χ0n) is 17.4. The molecule has 1 aromatic carbocycles. The number of nitrogens with zero attached hydrogens (tertiary/aromatic N) is 4. The summed E-state index contributed by atoms with van der Waals surface area (Å²) in [5.41, 5.74) is 11.7. The summed E-state index contributed by atoms with van der Waals surface area (Å²) in [5, 5.41) is 7.59. The highest BCUT2D eigenvalue weighted by atomic mass is 19.1. The van der Waals surface area contributed by atoms with Crippen LogP contribution in [0.25, 0.3) is 11.3 Å². The summed E-state index contributed by atoms with van der Waals surface area (Å²) >= 11 is 0. The highest BCUT2D eigenvalue weighted by Gasteiger charge is 2.09. The standard InChI is InChI=1S/C23H25FN6/c1-5-6-15(2)16(3)17(4)21-11-22(29-23(25)28-21)26-12-18-13-27-30(14-18)20-9-7-19(24)8-10-20/h5-11,13-14H,1,12H2,2-4H3,(H3,25,26,28,29)/b15-6-,17-16+. The SMILES string of the molecule is C=C/C=C(C)\C(C)=C(/C)c1cc(NCc2cnn(-c3ccc(F)cc3)c2)nc(N)n1. The molecule has 0 unspecified atom stereocenters. The van der Waals surface area contributed by atoms with Crippen molar-refractivity contribution in [1.82, 2.24) is 19.7 Å². The van der Waals surface area contributed by atoms with Crippen LogP contribution in [0, 0.1) is 5.82 Å². The van der Waals surface area contributed by atoms with Crippen molar-refractivity contribution in [1.29, 1.82) is 0 Å². The Morgan fingerprint density at radius 3 is 2.63 bits per heavy atom. The first kappa shape index (κ1) is 21.0. The van der Waals surface area contributed by atoms with E-state index in [1.807, 2.05) is 39.1 Å². The molecule has 3 aromatic rings. The van der Waals surface area contributed by atoms with Crippen LogP contribution in [0.3, 0.4) is 0 Å². The predicted molar refractivity (Wildman–Crippen MR) is 120 cm³/mol. The maximum absolute atomic E-state index is 13.1. The van der Waals surface area contributed by atoms with Crippen LogP contribution in [-0.2, 0) is 6.54 Å². The Bertz CT molecular complexity index is 1110. The Morgan fingerprint density at radius 2 is 1.93 bits per heavy atom. The third kappa shape index (κ3) is 5.00. The number of nitrogens with one attached hydrogen (secondary N) is 1. The molecule has 0 amide bonds. The molecule has 0 saturated carbocycles. The Morgan fingerprint density at radius 1 is 1.20 bits per heavy atom. The zero-order valence-corrected chi connectivity index (χ0v) is 17.4. The number of benzene rings is 1. The van der Waals surface area contributed by atoms with Crippen molar-refractivity contribution in [2.75, 3.05) is 11.1 Å². The van der Waals surface area contributed by atoms with Crippen LogP contribution < -0.4 is 11.1 Å². The number of aromatic nitrogens is 4. The van der Waals surface area contributed by atoms with E-state index < -0.39 is 0 Å². The molecule has 3 N–H and O–H groups in total. The molecule has 30 heavy (non-hydrogen) atoms. The minimum atomic E-state index is -0.278. The zero-order chi connectivity index (χ0) is 21.7. The van der Waals surface area contributed by atoms with Crippen LogP contribution >= 0.6 is 0 Å². The van der Waals surface area contributed by atoms with E-state index in [4.69, 9.17) is 5.73 Å². The summed E-state index contributed by atoms with van der Waals surface area (Å²) in [6.45, 7) is 10.3. The second kappa shape index (κ2) is 9.17. The Kier molecular flexibility index (Phi) is 6.41. The Labute approximate surface area is 175 Å². The van der Waals surface area contributed by atoms with Gasteiger partial charge in [-0.1, -0.05) is 18.7 Å². The van der Waals surface area contributed by atoms with Crippen molar-refractivity contribution in [2.24, 2.45) is 0 Å². The lowest BCUT2D eigenvalue weighted by Gasteiger charge is -2.11. The first-order valence-electron chi connectivity index (χ1n) is 9.53. The molecule has 2 heterocycles. The molecule has 154 valence electrons. The first-order chi connectivity index (χ1) is 14.4. The molecule has 6 nitrogen and oxygen atoms in total. The summed E-state index contributed by atoms with van der Waals surface area (Å²) < 4.78 is 14.8. The van der Waals surface area contributed by atoms with Gasteiger partial charge in [0.1, 0.15) is 11.6 Å². The van der Waals surface area contributed by atoms with Crippen molar-refractivity contribution < 1.29 is 4.39 Å². The molecule has 0 radical (unpaired) electrons. The fourth-order valence-electron chi connectivity index (χ4n) is 2.92. The molecule has 0 saturated heterocycles. The maximum atomic E-state index is 13.1. The summed E-state index contributed by atoms with van der Waals surface area (Å²) in [6, 6.07) is 8.04. The lowest BCUT2D eigenvalue weighted by Crippen LogP contribution is -2.06. The molecular weight excluding hydrogens is 379 g/mol. The fourth-order valence-corrected chi connectivity index (χ4v) is 2.92. The normalized spacial score (nSPS) is 12.5. The number of rotatable bonds is 7. The molecule has 0 aliphatic rings. The van der Waals surface area contributed by atoms with Gasteiger partial charge in [0.2, 0.25) is 5.95 Å². The van der Waals surface area contributed by atoms with Crippen molar-refractivity contribution in [3.63, 3.8) is 0 Å². The topological polar surface area (TPSA) is 81.7 Å². The number of nitrogen functional groups attached to an aromatic ring is 1. The van der Waals surface area contributed by atoms with E-state index in [9.17, 15) is 4.39 Å². The second-order valence-electron chi connectivity index (χ2n) is 6.96. The molecule has 3 rings (SSSR count). The van der Waals surface area contributed by atoms with Gasteiger partial charge in [0.15, 0.2) is 0 Å². The van der Waals surface area contributed by atoms with Gasteiger partial charge in [-0.2, -0.15) is 10.1 Å². The predicted octanol–water partition coefficient (Wildman–Crippen LogP) is 4.92. The summed E-state index contributed by atoms with van der Waals surface area (Å²) in [7, 11) is 0. The highest BCUT2D eigenvalue weighted by Crippen LogP contribution is 2.24. The van der Waals surface area contributed by atoms with Gasteiger partial charge in [-0.25, -0.2) is 14.1 Å². The monoisotopic (exact) mass is 404 g/mol. The number of hydrogen-bond donors (Lipinski definition) is 2. The molecular formula is C23H25FN6. The van der Waals surface area contributed by atoms with E-state index in [0.29, 0.717) is 12.4 Å². The molecule has 0 spiro atoms. The van der Waals surface area contributed by atoms with Gasteiger partial charge in [0.05, 0.1) is 17.6 Å². The van der Waals surface area contributed by atoms with E-state index in [-0.39, 0.29) is 11.8 Å². The highest BCUT2D eigenvalue weighted by molar-refractivity contribution is 5.70. The van der Waals surface area contributed by atoms with E-state index in [1.54, 1.807) is 29.1 Å². The van der Waals surface area contributed by atoms with Gasteiger partial charge in [0, 0.05) is 24.4 Å².